The molecule has 0 bridgehead atoms. The minimum Gasteiger partial charge on any atom is -0.399 e. The lowest BCUT2D eigenvalue weighted by molar-refractivity contribution is -0.127. The van der Waals surface area contributed by atoms with Gasteiger partial charge in [0.15, 0.2) is 0 Å². The monoisotopic (exact) mass is 309 g/mol. The van der Waals surface area contributed by atoms with Crippen LogP contribution in [0.15, 0.2) is 30.3 Å². The van der Waals surface area contributed by atoms with Crippen molar-refractivity contribution in [1.29, 1.82) is 0 Å². The van der Waals surface area contributed by atoms with Crippen LogP contribution in [0.3, 0.4) is 0 Å². The second-order valence-corrected chi connectivity index (χ2v) is 6.97. The van der Waals surface area contributed by atoms with Crippen LogP contribution in [0.25, 0.3) is 6.08 Å². The molecule has 0 atom stereocenters. The van der Waals surface area contributed by atoms with Gasteiger partial charge in [-0.25, -0.2) is 8.42 Å². The maximum atomic E-state index is 12.1. The number of amides is 1. The van der Waals surface area contributed by atoms with E-state index < -0.39 is 10.0 Å². The zero-order chi connectivity index (χ0) is 15.5. The number of sulfonamides is 1. The minimum absolute atomic E-state index is 0.120. The first-order chi connectivity index (χ1) is 9.86. The standard InChI is InChI=1S/C14H19N3O3S/c1-21(19,20)17-9-7-16(8-10-17)14(18)6-5-12-3-2-4-13(15)11-12/h2-6,11H,7-10,15H2,1H3/b6-5+. The van der Waals surface area contributed by atoms with Crippen molar-refractivity contribution in [3.63, 3.8) is 0 Å². The highest BCUT2D eigenvalue weighted by Gasteiger charge is 2.24. The van der Waals surface area contributed by atoms with E-state index in [2.05, 4.69) is 0 Å². The summed E-state index contributed by atoms with van der Waals surface area (Å²) in [5, 5.41) is 0. The lowest BCUT2D eigenvalue weighted by atomic mass is 10.2. The normalized spacial score (nSPS) is 17.3. The van der Waals surface area contributed by atoms with Crippen molar-refractivity contribution in [2.75, 3.05) is 38.2 Å². The molecule has 0 unspecified atom stereocenters. The summed E-state index contributed by atoms with van der Waals surface area (Å²) in [7, 11) is -3.17. The van der Waals surface area contributed by atoms with Crippen LogP contribution in [0, 0.1) is 0 Å². The quantitative estimate of drug-likeness (QED) is 0.646. The Morgan fingerprint density at radius 3 is 2.48 bits per heavy atom. The number of nitrogens with two attached hydrogens (primary N) is 1. The van der Waals surface area contributed by atoms with Crippen LogP contribution in [-0.4, -0.2) is 56.0 Å². The van der Waals surface area contributed by atoms with Gasteiger partial charge in [0.1, 0.15) is 0 Å². The Kier molecular flexibility index (Phi) is 4.64. The molecule has 114 valence electrons. The maximum Gasteiger partial charge on any atom is 0.246 e. The second kappa shape index (κ2) is 6.28. The van der Waals surface area contributed by atoms with E-state index in [4.69, 9.17) is 5.73 Å². The molecule has 1 fully saturated rings. The Morgan fingerprint density at radius 2 is 1.90 bits per heavy atom. The van der Waals surface area contributed by atoms with Crippen molar-refractivity contribution in [2.45, 2.75) is 0 Å². The summed E-state index contributed by atoms with van der Waals surface area (Å²) in [6.45, 7) is 1.51. The lowest BCUT2D eigenvalue weighted by Gasteiger charge is -2.32. The summed E-state index contributed by atoms with van der Waals surface area (Å²) < 4.78 is 24.2. The first-order valence-electron chi connectivity index (χ1n) is 6.64. The molecule has 0 spiro atoms. The molecule has 1 amide bonds. The maximum absolute atomic E-state index is 12.1. The molecule has 0 saturated carbocycles. The average Bonchev–Trinajstić information content (AvgIpc) is 2.44. The highest BCUT2D eigenvalue weighted by atomic mass is 32.2. The van der Waals surface area contributed by atoms with Gasteiger partial charge < -0.3 is 10.6 Å². The average molecular weight is 309 g/mol. The van der Waals surface area contributed by atoms with E-state index in [0.717, 1.165) is 5.56 Å². The first kappa shape index (κ1) is 15.5. The van der Waals surface area contributed by atoms with E-state index in [1.54, 1.807) is 23.1 Å². The van der Waals surface area contributed by atoms with Gasteiger partial charge >= 0.3 is 0 Å². The molecule has 7 heteroatoms. The first-order valence-corrected chi connectivity index (χ1v) is 8.49. The summed E-state index contributed by atoms with van der Waals surface area (Å²) in [4.78, 5) is 13.7. The van der Waals surface area contributed by atoms with E-state index in [1.807, 2.05) is 12.1 Å². The summed E-state index contributed by atoms with van der Waals surface area (Å²) in [5.74, 6) is -0.120. The Morgan fingerprint density at radius 1 is 1.24 bits per heavy atom. The van der Waals surface area contributed by atoms with Gasteiger partial charge in [-0.1, -0.05) is 12.1 Å². The predicted molar refractivity (Wildman–Crippen MR) is 82.9 cm³/mol. The molecule has 2 rings (SSSR count). The fourth-order valence-electron chi connectivity index (χ4n) is 2.18. The van der Waals surface area contributed by atoms with Gasteiger partial charge in [0.2, 0.25) is 15.9 Å². The van der Waals surface area contributed by atoms with Crippen molar-refractivity contribution in [1.82, 2.24) is 9.21 Å². The fraction of sp³-hybridized carbons (Fsp3) is 0.357. The van der Waals surface area contributed by atoms with Crippen molar-refractivity contribution in [2.24, 2.45) is 0 Å². The third kappa shape index (κ3) is 4.30. The summed E-state index contributed by atoms with van der Waals surface area (Å²) in [6, 6.07) is 7.25. The number of piperazine rings is 1. The molecule has 1 aliphatic heterocycles. The van der Waals surface area contributed by atoms with E-state index in [9.17, 15) is 13.2 Å². The molecule has 0 radical (unpaired) electrons. The molecule has 0 aliphatic carbocycles. The van der Waals surface area contributed by atoms with Crippen molar-refractivity contribution >= 4 is 27.7 Å². The van der Waals surface area contributed by atoms with E-state index in [1.165, 1.54) is 16.6 Å². The van der Waals surface area contributed by atoms with Gasteiger partial charge in [-0.3, -0.25) is 4.79 Å². The summed E-state index contributed by atoms with van der Waals surface area (Å²) >= 11 is 0. The van der Waals surface area contributed by atoms with Crippen molar-refractivity contribution in [3.8, 4) is 0 Å². The molecular weight excluding hydrogens is 290 g/mol. The molecule has 1 heterocycles. The van der Waals surface area contributed by atoms with Crippen molar-refractivity contribution in [3.05, 3.63) is 35.9 Å². The molecule has 1 saturated heterocycles. The fourth-order valence-corrected chi connectivity index (χ4v) is 3.00. The number of rotatable bonds is 3. The number of nitrogens with zero attached hydrogens (tertiary/aromatic N) is 2. The Balaban J connectivity index is 1.93. The smallest absolute Gasteiger partial charge is 0.246 e. The highest BCUT2D eigenvalue weighted by molar-refractivity contribution is 7.88. The van der Waals surface area contributed by atoms with Crippen LogP contribution >= 0.6 is 0 Å². The SMILES string of the molecule is CS(=O)(=O)N1CCN(C(=O)/C=C/c2cccc(N)c2)CC1. The van der Waals surface area contributed by atoms with Gasteiger partial charge in [0, 0.05) is 37.9 Å². The number of carbonyl (C=O) groups is 1. The topological polar surface area (TPSA) is 83.7 Å². The van der Waals surface area contributed by atoms with Crippen LogP contribution in [0.2, 0.25) is 0 Å². The van der Waals surface area contributed by atoms with Gasteiger partial charge in [0.25, 0.3) is 0 Å². The Bertz CT molecular complexity index is 647. The molecule has 0 aromatic heterocycles. The third-order valence-electron chi connectivity index (χ3n) is 3.35. The zero-order valence-corrected chi connectivity index (χ0v) is 12.7. The van der Waals surface area contributed by atoms with E-state index in [0.29, 0.717) is 31.9 Å². The van der Waals surface area contributed by atoms with Crippen LogP contribution in [0.1, 0.15) is 5.56 Å². The van der Waals surface area contributed by atoms with E-state index in [-0.39, 0.29) is 5.91 Å². The summed E-state index contributed by atoms with van der Waals surface area (Å²) in [6.07, 6.45) is 4.39. The van der Waals surface area contributed by atoms with Gasteiger partial charge in [-0.15, -0.1) is 0 Å². The number of anilines is 1. The van der Waals surface area contributed by atoms with E-state index >= 15 is 0 Å². The highest BCUT2D eigenvalue weighted by Crippen LogP contribution is 2.10. The molecule has 1 aromatic rings. The summed E-state index contributed by atoms with van der Waals surface area (Å²) in [5.41, 5.74) is 7.18. The zero-order valence-electron chi connectivity index (χ0n) is 11.9. The third-order valence-corrected chi connectivity index (χ3v) is 4.65. The molecule has 2 N–H and O–H groups in total. The van der Waals surface area contributed by atoms with Gasteiger partial charge in [-0.2, -0.15) is 4.31 Å². The number of nitrogen functional groups attached to an aromatic ring is 1. The van der Waals surface area contributed by atoms with Crippen LogP contribution in [-0.2, 0) is 14.8 Å². The Labute approximate surface area is 124 Å². The second-order valence-electron chi connectivity index (χ2n) is 4.99. The van der Waals surface area contributed by atoms with Crippen LogP contribution in [0.4, 0.5) is 5.69 Å². The largest absolute Gasteiger partial charge is 0.399 e. The molecule has 21 heavy (non-hydrogen) atoms. The van der Waals surface area contributed by atoms with Crippen molar-refractivity contribution < 1.29 is 13.2 Å². The predicted octanol–water partition coefficient (Wildman–Crippen LogP) is 0.386. The molecule has 1 aromatic carbocycles. The molecule has 1 aliphatic rings. The van der Waals surface area contributed by atoms with Crippen LogP contribution < -0.4 is 5.73 Å². The number of carbonyl (C=O) groups excluding carboxylic acids is 1. The number of benzene rings is 1. The lowest BCUT2D eigenvalue weighted by Crippen LogP contribution is -2.49. The van der Waals surface area contributed by atoms with Gasteiger partial charge in [0.05, 0.1) is 6.26 Å². The van der Waals surface area contributed by atoms with Crippen LogP contribution in [0.5, 0.6) is 0 Å². The Hall–Kier alpha value is -1.86. The number of hydrogen-bond acceptors (Lipinski definition) is 4. The minimum atomic E-state index is -3.17. The molecule has 6 nitrogen and oxygen atoms in total. The molecular formula is C14H19N3O3S. The number of hydrogen-bond donors (Lipinski definition) is 1. The van der Waals surface area contributed by atoms with Gasteiger partial charge in [-0.05, 0) is 23.8 Å².